The van der Waals surface area contributed by atoms with Crippen LogP contribution >= 0.6 is 0 Å². The fourth-order valence-corrected chi connectivity index (χ4v) is 1.83. The molecular formula is C12H9N5O3. The van der Waals surface area contributed by atoms with Gasteiger partial charge in [0.15, 0.2) is 11.2 Å². The maximum absolute atomic E-state index is 11.7. The van der Waals surface area contributed by atoms with E-state index in [0.29, 0.717) is 6.54 Å². The maximum Gasteiger partial charge on any atom is 0.372 e. The number of aromatic amines is 1. The van der Waals surface area contributed by atoms with Crippen LogP contribution in [0.4, 0.5) is 0 Å². The van der Waals surface area contributed by atoms with Crippen molar-refractivity contribution in [1.29, 1.82) is 0 Å². The van der Waals surface area contributed by atoms with Gasteiger partial charge >= 0.3 is 5.97 Å². The van der Waals surface area contributed by atoms with Crippen LogP contribution < -0.4 is 5.56 Å². The van der Waals surface area contributed by atoms with Crippen molar-refractivity contribution in [3.05, 3.63) is 52.1 Å². The minimum atomic E-state index is -1.31. The van der Waals surface area contributed by atoms with Crippen molar-refractivity contribution >= 4 is 17.1 Å². The van der Waals surface area contributed by atoms with E-state index in [9.17, 15) is 9.59 Å². The van der Waals surface area contributed by atoms with Crippen LogP contribution in [0.5, 0.6) is 0 Å². The van der Waals surface area contributed by atoms with E-state index < -0.39 is 17.4 Å². The number of aromatic nitrogens is 5. The number of rotatable bonds is 3. The van der Waals surface area contributed by atoms with E-state index >= 15 is 0 Å². The summed E-state index contributed by atoms with van der Waals surface area (Å²) in [7, 11) is 0. The average molecular weight is 271 g/mol. The first-order valence-corrected chi connectivity index (χ1v) is 5.76. The summed E-state index contributed by atoms with van der Waals surface area (Å²) in [5.41, 5.74) is 0.492. The zero-order valence-corrected chi connectivity index (χ0v) is 10.1. The molecule has 0 amide bonds. The summed E-state index contributed by atoms with van der Waals surface area (Å²) < 4.78 is 1.40. The van der Waals surface area contributed by atoms with Crippen LogP contribution in [0.15, 0.2) is 35.1 Å². The zero-order chi connectivity index (χ0) is 14.1. The molecule has 1 aromatic carbocycles. The molecule has 3 aromatic rings. The van der Waals surface area contributed by atoms with Crippen LogP contribution in [0.2, 0.25) is 0 Å². The highest BCUT2D eigenvalue weighted by Gasteiger charge is 2.15. The Hall–Kier alpha value is -3.03. The van der Waals surface area contributed by atoms with Gasteiger partial charge < -0.3 is 5.11 Å². The Balaban J connectivity index is 2.12. The van der Waals surface area contributed by atoms with Crippen LogP contribution in [-0.2, 0) is 6.54 Å². The molecule has 0 radical (unpaired) electrons. The lowest BCUT2D eigenvalue weighted by Gasteiger charge is -2.01. The molecule has 0 atom stereocenters. The molecule has 0 unspecified atom stereocenters. The Kier molecular flexibility index (Phi) is 2.75. The first kappa shape index (κ1) is 12.0. The van der Waals surface area contributed by atoms with E-state index in [2.05, 4.69) is 20.3 Å². The van der Waals surface area contributed by atoms with Crippen molar-refractivity contribution in [1.82, 2.24) is 25.0 Å². The molecule has 2 aromatic heterocycles. The van der Waals surface area contributed by atoms with Gasteiger partial charge in [-0.15, -0.1) is 5.10 Å². The summed E-state index contributed by atoms with van der Waals surface area (Å²) in [6.45, 7) is 0.354. The van der Waals surface area contributed by atoms with Gasteiger partial charge in [0, 0.05) is 0 Å². The van der Waals surface area contributed by atoms with Crippen molar-refractivity contribution < 1.29 is 9.90 Å². The van der Waals surface area contributed by atoms with E-state index in [1.165, 1.54) is 4.68 Å². The van der Waals surface area contributed by atoms with Gasteiger partial charge in [0.2, 0.25) is 5.82 Å². The molecule has 2 N–H and O–H groups in total. The van der Waals surface area contributed by atoms with Gasteiger partial charge in [-0.25, -0.2) is 14.5 Å². The molecule has 8 nitrogen and oxygen atoms in total. The topological polar surface area (TPSA) is 114 Å². The van der Waals surface area contributed by atoms with Gasteiger partial charge in [-0.2, -0.15) is 0 Å². The zero-order valence-electron chi connectivity index (χ0n) is 10.1. The van der Waals surface area contributed by atoms with Gasteiger partial charge in [-0.3, -0.25) is 9.78 Å². The number of nitrogens with zero attached hydrogens (tertiary/aromatic N) is 4. The van der Waals surface area contributed by atoms with Gasteiger partial charge in [-0.05, 0) is 5.56 Å². The molecule has 0 saturated carbocycles. The number of carboxylic acid groups (broad SMARTS) is 1. The number of H-pyrrole nitrogens is 1. The monoisotopic (exact) mass is 271 g/mol. The quantitative estimate of drug-likeness (QED) is 0.706. The summed E-state index contributed by atoms with van der Waals surface area (Å²) in [5, 5.41) is 16.5. The van der Waals surface area contributed by atoms with Crippen molar-refractivity contribution in [2.75, 3.05) is 0 Å². The molecule has 20 heavy (non-hydrogen) atoms. The SMILES string of the molecule is O=C(O)c1nc2c(nnn2Cc2ccccc2)c(=O)[nH]1. The number of carbonyl (C=O) groups is 1. The van der Waals surface area contributed by atoms with Crippen molar-refractivity contribution in [2.24, 2.45) is 0 Å². The Morgan fingerprint density at radius 2 is 2.05 bits per heavy atom. The fraction of sp³-hybridized carbons (Fsp3) is 0.0833. The second-order valence-electron chi connectivity index (χ2n) is 4.12. The molecule has 8 heteroatoms. The molecule has 100 valence electrons. The summed E-state index contributed by atoms with van der Waals surface area (Å²) in [6, 6.07) is 9.40. The largest absolute Gasteiger partial charge is 0.475 e. The number of hydrogen-bond donors (Lipinski definition) is 2. The highest BCUT2D eigenvalue weighted by Crippen LogP contribution is 2.07. The number of hydrogen-bond acceptors (Lipinski definition) is 5. The highest BCUT2D eigenvalue weighted by atomic mass is 16.4. The molecule has 0 aliphatic carbocycles. The third-order valence-electron chi connectivity index (χ3n) is 2.75. The second kappa shape index (κ2) is 4.57. The Morgan fingerprint density at radius 1 is 1.30 bits per heavy atom. The van der Waals surface area contributed by atoms with E-state index in [1.54, 1.807) is 0 Å². The van der Waals surface area contributed by atoms with Crippen LogP contribution in [0.25, 0.3) is 11.2 Å². The van der Waals surface area contributed by atoms with Gasteiger partial charge in [0.05, 0.1) is 6.54 Å². The van der Waals surface area contributed by atoms with E-state index in [-0.39, 0.29) is 11.2 Å². The second-order valence-corrected chi connectivity index (χ2v) is 4.12. The summed E-state index contributed by atoms with van der Waals surface area (Å²) in [4.78, 5) is 28.6. The smallest absolute Gasteiger partial charge is 0.372 e. The van der Waals surface area contributed by atoms with E-state index in [4.69, 9.17) is 5.11 Å². The van der Waals surface area contributed by atoms with Crippen LogP contribution in [0.3, 0.4) is 0 Å². The molecule has 0 saturated heterocycles. The maximum atomic E-state index is 11.7. The predicted octanol–water partition coefficient (Wildman–Crippen LogP) is 0.261. The normalized spacial score (nSPS) is 10.8. The molecule has 3 rings (SSSR count). The molecular weight excluding hydrogens is 262 g/mol. The first-order chi connectivity index (χ1) is 9.65. The number of aromatic carboxylic acids is 1. The van der Waals surface area contributed by atoms with Gasteiger partial charge in [0.25, 0.3) is 5.56 Å². The number of carboxylic acids is 1. The average Bonchev–Trinajstić information content (AvgIpc) is 2.84. The van der Waals surface area contributed by atoms with Crippen LogP contribution in [0, 0.1) is 0 Å². The Labute approximate surface area is 111 Å². The highest BCUT2D eigenvalue weighted by molar-refractivity contribution is 5.85. The van der Waals surface area contributed by atoms with E-state index in [0.717, 1.165) is 5.56 Å². The summed E-state index contributed by atoms with van der Waals surface area (Å²) >= 11 is 0. The molecule has 0 spiro atoms. The number of fused-ring (bicyclic) bond motifs is 1. The molecule has 2 heterocycles. The van der Waals surface area contributed by atoms with E-state index in [1.807, 2.05) is 30.3 Å². The lowest BCUT2D eigenvalue weighted by atomic mass is 10.2. The molecule has 0 aliphatic heterocycles. The van der Waals surface area contributed by atoms with Gasteiger partial charge in [0.1, 0.15) is 0 Å². The standard InChI is InChI=1S/C12H9N5O3/c18-11-8-10(13-9(14-11)12(19)20)17(16-15-8)6-7-4-2-1-3-5-7/h1-5H,6H2,(H,19,20)(H,13,14,18). The molecule has 0 fully saturated rings. The van der Waals surface area contributed by atoms with Crippen LogP contribution in [0.1, 0.15) is 16.2 Å². The van der Waals surface area contributed by atoms with Crippen molar-refractivity contribution in [3.63, 3.8) is 0 Å². The van der Waals surface area contributed by atoms with Crippen molar-refractivity contribution in [2.45, 2.75) is 6.54 Å². The van der Waals surface area contributed by atoms with Gasteiger partial charge in [-0.1, -0.05) is 35.5 Å². The Morgan fingerprint density at radius 3 is 2.75 bits per heavy atom. The third kappa shape index (κ3) is 2.03. The lowest BCUT2D eigenvalue weighted by molar-refractivity contribution is 0.0683. The molecule has 0 bridgehead atoms. The predicted molar refractivity (Wildman–Crippen MR) is 68.4 cm³/mol. The summed E-state index contributed by atoms with van der Waals surface area (Å²) in [6.07, 6.45) is 0. The fourth-order valence-electron chi connectivity index (χ4n) is 1.83. The first-order valence-electron chi connectivity index (χ1n) is 5.76. The number of nitrogens with one attached hydrogen (secondary N) is 1. The number of benzene rings is 1. The molecule has 0 aliphatic rings. The Bertz CT molecular complexity index is 837. The summed E-state index contributed by atoms with van der Waals surface area (Å²) in [5.74, 6) is -1.74. The minimum Gasteiger partial charge on any atom is -0.475 e. The van der Waals surface area contributed by atoms with Crippen LogP contribution in [-0.4, -0.2) is 36.0 Å². The minimum absolute atomic E-state index is 0.0194. The third-order valence-corrected chi connectivity index (χ3v) is 2.75. The lowest BCUT2D eigenvalue weighted by Crippen LogP contribution is -2.16. The van der Waals surface area contributed by atoms with Crippen molar-refractivity contribution in [3.8, 4) is 0 Å².